The van der Waals surface area contributed by atoms with Crippen molar-refractivity contribution in [3.63, 3.8) is 0 Å². The zero-order valence-electron chi connectivity index (χ0n) is 15.6. The molecule has 3 N–H and O–H groups in total. The van der Waals surface area contributed by atoms with E-state index in [1.165, 1.54) is 11.2 Å². The molecule has 2 aromatic carbocycles. The molecule has 0 unspecified atom stereocenters. The van der Waals surface area contributed by atoms with E-state index >= 15 is 0 Å². The van der Waals surface area contributed by atoms with E-state index < -0.39 is 6.03 Å². The molecule has 0 bridgehead atoms. The first-order valence-electron chi connectivity index (χ1n) is 9.14. The molecule has 10 nitrogen and oxygen atoms in total. The summed E-state index contributed by atoms with van der Waals surface area (Å²) in [4.78, 5) is 33.2. The molecule has 1 aliphatic heterocycles. The highest BCUT2D eigenvalue weighted by atomic mass is 16.5. The second kappa shape index (κ2) is 7.24. The molecule has 1 aliphatic rings. The molecule has 0 aliphatic carbocycles. The second-order valence-electron chi connectivity index (χ2n) is 6.64. The lowest BCUT2D eigenvalue weighted by atomic mass is 10.2. The summed E-state index contributed by atoms with van der Waals surface area (Å²) >= 11 is 0. The maximum Gasteiger partial charge on any atom is 0.323 e. The first-order valence-corrected chi connectivity index (χ1v) is 9.14. The lowest BCUT2D eigenvalue weighted by Crippen LogP contribution is -2.38. The molecule has 2 aromatic heterocycles. The summed E-state index contributed by atoms with van der Waals surface area (Å²) in [6.07, 6.45) is 3.12. The number of aromatic nitrogens is 3. The second-order valence-corrected chi connectivity index (χ2v) is 6.64. The van der Waals surface area contributed by atoms with Gasteiger partial charge in [0.15, 0.2) is 12.9 Å². The molecule has 0 atom stereocenters. The van der Waals surface area contributed by atoms with E-state index in [4.69, 9.17) is 9.26 Å². The third-order valence-corrected chi connectivity index (χ3v) is 4.67. The summed E-state index contributed by atoms with van der Waals surface area (Å²) in [5, 5.41) is 10.2. The largest absolute Gasteiger partial charge is 0.481 e. The van der Waals surface area contributed by atoms with Crippen molar-refractivity contribution in [2.75, 3.05) is 22.1 Å². The molecule has 5 rings (SSSR count). The number of aromatic amines is 1. The smallest absolute Gasteiger partial charge is 0.323 e. The van der Waals surface area contributed by atoms with Gasteiger partial charge in [-0.3, -0.25) is 9.69 Å². The Morgan fingerprint density at radius 2 is 1.97 bits per heavy atom. The van der Waals surface area contributed by atoms with Crippen LogP contribution in [0.3, 0.4) is 0 Å². The van der Waals surface area contributed by atoms with E-state index in [2.05, 4.69) is 25.8 Å². The van der Waals surface area contributed by atoms with Crippen LogP contribution in [0.5, 0.6) is 5.75 Å². The Morgan fingerprint density at radius 3 is 2.80 bits per heavy atom. The third-order valence-electron chi connectivity index (χ3n) is 4.67. The molecule has 0 saturated heterocycles. The van der Waals surface area contributed by atoms with Crippen molar-refractivity contribution in [1.82, 2.24) is 15.1 Å². The fraction of sp³-hybridized carbons (Fsp3) is 0.100. The average Bonchev–Trinajstić information content (AvgIpc) is 3.41. The number of amides is 3. The van der Waals surface area contributed by atoms with Crippen LogP contribution in [0.4, 0.5) is 21.9 Å². The number of anilines is 3. The van der Waals surface area contributed by atoms with Gasteiger partial charge in [-0.2, -0.15) is 4.98 Å². The Bertz CT molecular complexity index is 1230. The van der Waals surface area contributed by atoms with E-state index in [-0.39, 0.29) is 19.1 Å². The van der Waals surface area contributed by atoms with E-state index in [0.29, 0.717) is 28.7 Å². The Kier molecular flexibility index (Phi) is 4.28. The molecular weight excluding hydrogens is 388 g/mol. The van der Waals surface area contributed by atoms with Crippen LogP contribution in [0.25, 0.3) is 10.9 Å². The van der Waals surface area contributed by atoms with Gasteiger partial charge in [-0.25, -0.2) is 4.79 Å². The number of nitrogens with zero attached hydrogens (tertiary/aromatic N) is 3. The number of rotatable bonds is 4. The van der Waals surface area contributed by atoms with Crippen LogP contribution in [0.15, 0.2) is 59.5 Å². The van der Waals surface area contributed by atoms with Gasteiger partial charge in [0.05, 0.1) is 5.69 Å². The summed E-state index contributed by atoms with van der Waals surface area (Å²) < 4.78 is 10.5. The minimum Gasteiger partial charge on any atom is -0.481 e. The number of hydrogen-bond acceptors (Lipinski definition) is 6. The maximum absolute atomic E-state index is 12.4. The average molecular weight is 404 g/mol. The van der Waals surface area contributed by atoms with Crippen molar-refractivity contribution in [3.8, 4) is 5.75 Å². The van der Waals surface area contributed by atoms with E-state index in [0.717, 1.165) is 10.9 Å². The third kappa shape index (κ3) is 3.41. The van der Waals surface area contributed by atoms with Gasteiger partial charge in [-0.15, -0.1) is 0 Å². The Hall–Kier alpha value is -4.34. The normalized spacial score (nSPS) is 13.1. The molecular formula is C20H16N6O4. The molecule has 0 radical (unpaired) electrons. The maximum atomic E-state index is 12.4. The van der Waals surface area contributed by atoms with Crippen LogP contribution in [-0.2, 0) is 11.3 Å². The first-order chi connectivity index (χ1) is 14.7. The number of fused-ring (bicyclic) bond motifs is 2. The van der Waals surface area contributed by atoms with E-state index in [1.54, 1.807) is 18.2 Å². The van der Waals surface area contributed by atoms with Crippen LogP contribution in [0, 0.1) is 0 Å². The van der Waals surface area contributed by atoms with Crippen molar-refractivity contribution < 1.29 is 18.8 Å². The highest BCUT2D eigenvalue weighted by molar-refractivity contribution is 6.02. The molecule has 0 fully saturated rings. The zero-order chi connectivity index (χ0) is 20.5. The highest BCUT2D eigenvalue weighted by Gasteiger charge is 2.27. The Morgan fingerprint density at radius 1 is 1.13 bits per heavy atom. The molecule has 3 heterocycles. The summed E-state index contributed by atoms with van der Waals surface area (Å²) in [5.74, 6) is 0.565. The highest BCUT2D eigenvalue weighted by Crippen LogP contribution is 2.35. The number of carbonyl (C=O) groups is 2. The number of ether oxygens (including phenoxy) is 1. The fourth-order valence-electron chi connectivity index (χ4n) is 3.28. The predicted octanol–water partition coefficient (Wildman–Crippen LogP) is 3.12. The van der Waals surface area contributed by atoms with E-state index in [1.807, 2.05) is 30.5 Å². The number of H-pyrrole nitrogens is 1. The topological polar surface area (TPSA) is 125 Å². The summed E-state index contributed by atoms with van der Waals surface area (Å²) in [7, 11) is 0. The van der Waals surface area contributed by atoms with Gasteiger partial charge in [0.2, 0.25) is 5.89 Å². The van der Waals surface area contributed by atoms with Crippen LogP contribution in [-0.4, -0.2) is 33.7 Å². The quantitative estimate of drug-likeness (QED) is 0.480. The fourth-order valence-corrected chi connectivity index (χ4v) is 3.28. The number of carbonyl (C=O) groups excluding carboxylic acids is 2. The summed E-state index contributed by atoms with van der Waals surface area (Å²) in [6.45, 7) is 0.0244. The minimum absolute atomic E-state index is 0.118. The molecule has 3 amide bonds. The molecule has 10 heteroatoms. The van der Waals surface area contributed by atoms with Crippen LogP contribution >= 0.6 is 0 Å². The van der Waals surface area contributed by atoms with Gasteiger partial charge in [0, 0.05) is 29.2 Å². The summed E-state index contributed by atoms with van der Waals surface area (Å²) in [6, 6.07) is 12.2. The van der Waals surface area contributed by atoms with Gasteiger partial charge in [-0.05, 0) is 35.7 Å². The van der Waals surface area contributed by atoms with Crippen molar-refractivity contribution in [3.05, 3.63) is 60.9 Å². The van der Waals surface area contributed by atoms with Gasteiger partial charge in [0.1, 0.15) is 12.3 Å². The number of urea groups is 1. The SMILES string of the molecule is O=C(Nc1ccc2c(c1)OCC(=O)N2Cc1ncno1)Nc1ccc2cc[nH]c2c1. The minimum atomic E-state index is -0.393. The van der Waals surface area contributed by atoms with Gasteiger partial charge in [0.25, 0.3) is 5.91 Å². The molecule has 0 saturated carbocycles. The zero-order valence-corrected chi connectivity index (χ0v) is 15.6. The summed E-state index contributed by atoms with van der Waals surface area (Å²) in [5.41, 5.74) is 2.68. The molecule has 30 heavy (non-hydrogen) atoms. The Labute approximate surface area is 169 Å². The lowest BCUT2D eigenvalue weighted by Gasteiger charge is -2.28. The van der Waals surface area contributed by atoms with Crippen molar-refractivity contribution in [1.29, 1.82) is 0 Å². The standard InChI is InChI=1S/C20H16N6O4/c27-19-10-29-17-8-14(3-4-16(17)26(19)9-18-22-11-23-30-18)25-20(28)24-13-2-1-12-5-6-21-15(12)7-13/h1-8,11,21H,9-10H2,(H2,24,25,28). The molecule has 0 spiro atoms. The number of benzene rings is 2. The van der Waals surface area contributed by atoms with Gasteiger partial charge < -0.3 is 24.9 Å². The Balaban J connectivity index is 1.31. The number of nitrogens with one attached hydrogen (secondary N) is 3. The van der Waals surface area contributed by atoms with Gasteiger partial charge in [-0.1, -0.05) is 11.2 Å². The monoisotopic (exact) mass is 404 g/mol. The van der Waals surface area contributed by atoms with Gasteiger partial charge >= 0.3 is 6.03 Å². The van der Waals surface area contributed by atoms with Crippen LogP contribution in [0.2, 0.25) is 0 Å². The predicted molar refractivity (Wildman–Crippen MR) is 108 cm³/mol. The molecule has 4 aromatic rings. The van der Waals surface area contributed by atoms with Crippen molar-refractivity contribution in [2.45, 2.75) is 6.54 Å². The van der Waals surface area contributed by atoms with E-state index in [9.17, 15) is 9.59 Å². The first kappa shape index (κ1) is 17.7. The van der Waals surface area contributed by atoms with Crippen LogP contribution < -0.4 is 20.3 Å². The van der Waals surface area contributed by atoms with Crippen molar-refractivity contribution >= 4 is 39.9 Å². The van der Waals surface area contributed by atoms with Crippen LogP contribution in [0.1, 0.15) is 5.89 Å². The van der Waals surface area contributed by atoms with Crippen molar-refractivity contribution in [2.24, 2.45) is 0 Å². The molecule has 150 valence electrons. The lowest BCUT2D eigenvalue weighted by molar-refractivity contribution is -0.121. The number of hydrogen-bond donors (Lipinski definition) is 3.